The van der Waals surface area contributed by atoms with Crippen LogP contribution in [0.25, 0.3) is 0 Å². The predicted molar refractivity (Wildman–Crippen MR) is 219 cm³/mol. The molecule has 0 aromatic heterocycles. The average Bonchev–Trinajstić information content (AvgIpc) is 3.23. The van der Waals surface area contributed by atoms with E-state index in [4.69, 9.17) is 18.9 Å². The molecule has 0 aliphatic carbocycles. The van der Waals surface area contributed by atoms with Gasteiger partial charge in [-0.3, -0.25) is 0 Å². The summed E-state index contributed by atoms with van der Waals surface area (Å²) in [7, 11) is -6.82. The Hall–Kier alpha value is -3.50. The van der Waals surface area contributed by atoms with Gasteiger partial charge in [-0.1, -0.05) is 6.92 Å². The molecule has 2 aromatic rings. The van der Waals surface area contributed by atoms with Crippen LogP contribution < -0.4 is 14.2 Å². The Morgan fingerprint density at radius 1 is 0.556 bits per heavy atom. The molecule has 418 valence electrons. The van der Waals surface area contributed by atoms with Crippen molar-refractivity contribution in [2.24, 2.45) is 5.92 Å². The van der Waals surface area contributed by atoms with Gasteiger partial charge in [-0.05, 0) is 74.2 Å². The first-order chi connectivity index (χ1) is 32.7. The van der Waals surface area contributed by atoms with Crippen LogP contribution in [-0.4, -0.2) is 164 Å². The second kappa shape index (κ2) is 26.3. The summed E-state index contributed by atoms with van der Waals surface area (Å²) in [5, 5.41) is 0. The maximum absolute atomic E-state index is 14.8. The van der Waals surface area contributed by atoms with E-state index in [0.29, 0.717) is 7.11 Å². The molecule has 0 aliphatic rings. The van der Waals surface area contributed by atoms with Crippen LogP contribution in [0.5, 0.6) is 11.5 Å². The molecule has 0 saturated heterocycles. The van der Waals surface area contributed by atoms with Gasteiger partial charge in [-0.15, -0.1) is 0 Å². The molecule has 0 amide bonds. The molecule has 0 saturated carbocycles. The lowest BCUT2D eigenvalue weighted by molar-refractivity contribution is -0.355. The Labute approximate surface area is 401 Å². The topological polar surface area (TPSA) is 146 Å². The van der Waals surface area contributed by atoms with Gasteiger partial charge in [-0.25, -0.2) is 17.3 Å². The lowest BCUT2D eigenvalue weighted by atomic mass is 10.2. The number of hydrogen-bond donors (Lipinski definition) is 1. The predicted octanol–water partition coefficient (Wildman–Crippen LogP) is 8.54. The van der Waals surface area contributed by atoms with Gasteiger partial charge in [0.1, 0.15) is 18.1 Å². The van der Waals surface area contributed by atoms with E-state index in [1.54, 1.807) is 13.8 Å². The largest absolute Gasteiger partial charge is 0.487 e. The number of benzene rings is 2. The van der Waals surface area contributed by atoms with Crippen LogP contribution in [0.3, 0.4) is 0 Å². The number of ether oxygens (including phenoxy) is 9. The van der Waals surface area contributed by atoms with Crippen molar-refractivity contribution in [3.63, 3.8) is 0 Å². The zero-order valence-electron chi connectivity index (χ0n) is 38.1. The van der Waals surface area contributed by atoms with E-state index in [1.165, 1.54) is 6.92 Å². The molecule has 1 N–H and O–H groups in total. The molecular formula is C40H50F17NO12S2. The lowest BCUT2D eigenvalue weighted by Crippen LogP contribution is -2.51. The Morgan fingerprint density at radius 3 is 1.40 bits per heavy atom. The van der Waals surface area contributed by atoms with E-state index >= 15 is 0 Å². The van der Waals surface area contributed by atoms with Crippen molar-refractivity contribution in [1.29, 1.82) is 0 Å². The van der Waals surface area contributed by atoms with Crippen LogP contribution in [0, 0.1) is 5.92 Å². The molecule has 0 aliphatic heterocycles. The highest BCUT2D eigenvalue weighted by Crippen LogP contribution is 2.39. The third kappa shape index (κ3) is 21.8. The molecule has 32 heteroatoms. The second-order valence-corrected chi connectivity index (χ2v) is 19.8. The Bertz CT molecular complexity index is 2150. The number of halogens is 17. The molecule has 0 heterocycles. The first kappa shape index (κ1) is 64.6. The molecule has 0 radical (unpaired) electrons. The van der Waals surface area contributed by atoms with Crippen LogP contribution in [-0.2, 0) is 52.7 Å². The van der Waals surface area contributed by atoms with E-state index in [1.807, 2.05) is 0 Å². The normalized spacial score (nSPS) is 18.0. The molecule has 8 unspecified atom stereocenters. The molecule has 2 aromatic carbocycles. The smallest absolute Gasteiger partial charge is 0.452 e. The van der Waals surface area contributed by atoms with Crippen molar-refractivity contribution < 1.29 is 130 Å². The van der Waals surface area contributed by atoms with Crippen molar-refractivity contribution in [2.75, 3.05) is 78.9 Å². The fourth-order valence-corrected chi connectivity index (χ4v) is 8.38. The summed E-state index contributed by atoms with van der Waals surface area (Å²) in [4.78, 5) is -0.334. The fourth-order valence-electron chi connectivity index (χ4n) is 5.36. The van der Waals surface area contributed by atoms with Crippen molar-refractivity contribution in [2.45, 2.75) is 97.5 Å². The first-order valence-corrected chi connectivity index (χ1v) is 23.9. The minimum atomic E-state index is -6.06. The summed E-state index contributed by atoms with van der Waals surface area (Å²) in [6.45, 7) is -6.12. The zero-order chi connectivity index (χ0) is 55.2. The van der Waals surface area contributed by atoms with Crippen molar-refractivity contribution >= 4 is 25.4 Å². The number of rotatable bonds is 31. The van der Waals surface area contributed by atoms with Gasteiger partial charge in [0.25, 0.3) is 0 Å². The Morgan fingerprint density at radius 2 is 0.986 bits per heavy atom. The quantitative estimate of drug-likeness (QED) is 0.0439. The van der Waals surface area contributed by atoms with E-state index in [9.17, 15) is 87.3 Å². The summed E-state index contributed by atoms with van der Waals surface area (Å²) < 4.78 is 308. The highest BCUT2D eigenvalue weighted by molar-refractivity contribution is 7.98. The molecule has 72 heavy (non-hydrogen) atoms. The minimum absolute atomic E-state index is 0.00876. The van der Waals surface area contributed by atoms with Gasteiger partial charge in [0, 0.05) is 18.0 Å². The lowest BCUT2D eigenvalue weighted by Gasteiger charge is -2.30. The van der Waals surface area contributed by atoms with Gasteiger partial charge in [0.05, 0.1) is 72.7 Å². The maximum atomic E-state index is 14.8. The van der Waals surface area contributed by atoms with Gasteiger partial charge in [0.15, 0.2) is 35.3 Å². The van der Waals surface area contributed by atoms with E-state index < -0.39 is 137 Å². The molecule has 0 bridgehead atoms. The molecule has 2 rings (SSSR count). The van der Waals surface area contributed by atoms with E-state index in [-0.39, 0.29) is 48.6 Å². The average molecular weight is 1120 g/mol. The van der Waals surface area contributed by atoms with Crippen molar-refractivity contribution in [3.8, 4) is 11.5 Å². The van der Waals surface area contributed by atoms with Crippen LogP contribution in [0.1, 0.15) is 20.8 Å². The van der Waals surface area contributed by atoms with E-state index in [0.717, 1.165) is 48.5 Å². The number of nitrogens with one attached hydrogen (secondary N) is 1. The number of hydrogen-bond acceptors (Lipinski definition) is 12. The van der Waals surface area contributed by atoms with Crippen LogP contribution in [0.4, 0.5) is 74.6 Å². The summed E-state index contributed by atoms with van der Waals surface area (Å²) >= 11 is 0. The standard InChI is InChI=1S/C40H50F17NO12S2/c1-25(21-72(60,61)31-12-8-29(9-13-31)67-23-35(42,40(55,56)57)70-20-33(38(49,50)51)68-24-36(43,44)45)16-63-14-15-64-18-27(3)65-17-26(2)58-71(5,59)30-10-6-28(7-11-30)66-22-34(41,39(52,53)54)69-19-32(62-4)37(46,47)48/h6-13,25-27,32-33H,5,14-24H2,1-4H3,(H,58,59). The Kier molecular flexibility index (Phi) is 23.6. The highest BCUT2D eigenvalue weighted by atomic mass is 32.2. The SMILES string of the molecule is C=S(=O)(NC(C)COC(C)COCCOCC(C)CS(=O)(=O)c1ccc(OCC(F)(OCC(OCC(F)(F)F)C(F)(F)F)C(F)(F)F)cc1)c1ccc(OCC(F)(OCC(OC)C(F)(F)F)C(F)(F)F)cc1. The number of alkyl halides is 17. The van der Waals surface area contributed by atoms with Crippen molar-refractivity contribution in [3.05, 3.63) is 48.5 Å². The molecule has 8 atom stereocenters. The molecule has 0 fully saturated rings. The second-order valence-electron chi connectivity index (χ2n) is 15.7. The summed E-state index contributed by atoms with van der Waals surface area (Å²) in [6.07, 6.45) is -35.0. The van der Waals surface area contributed by atoms with Crippen molar-refractivity contribution in [1.82, 2.24) is 4.72 Å². The number of sulfone groups is 1. The third-order valence-corrected chi connectivity index (χ3v) is 12.9. The fraction of sp³-hybridized carbons (Fsp3) is 0.675. The summed E-state index contributed by atoms with van der Waals surface area (Å²) in [5.74, 6) is -8.15. The van der Waals surface area contributed by atoms with E-state index in [2.05, 4.69) is 34.3 Å². The first-order valence-electron chi connectivity index (χ1n) is 20.5. The summed E-state index contributed by atoms with van der Waals surface area (Å²) in [5.41, 5.74) is 0. The van der Waals surface area contributed by atoms with Crippen LogP contribution >= 0.6 is 0 Å². The summed E-state index contributed by atoms with van der Waals surface area (Å²) in [6, 6.07) is 7.06. The maximum Gasteiger partial charge on any atom is 0.452 e. The number of methoxy groups -OCH3 is 1. The van der Waals surface area contributed by atoms with Gasteiger partial charge >= 0.3 is 42.6 Å². The van der Waals surface area contributed by atoms with Crippen LogP contribution in [0.15, 0.2) is 58.3 Å². The highest BCUT2D eigenvalue weighted by Gasteiger charge is 2.61. The zero-order valence-corrected chi connectivity index (χ0v) is 39.8. The minimum Gasteiger partial charge on any atom is -0.487 e. The molecule has 0 spiro atoms. The third-order valence-electron chi connectivity index (χ3n) is 9.13. The van der Waals surface area contributed by atoms with Gasteiger partial charge in [0.2, 0.25) is 0 Å². The molecular weight excluding hydrogens is 1070 g/mol. The van der Waals surface area contributed by atoms with Gasteiger partial charge in [-0.2, -0.15) is 74.6 Å². The Balaban J connectivity index is 1.78. The van der Waals surface area contributed by atoms with Crippen LogP contribution in [0.2, 0.25) is 0 Å². The molecule has 13 nitrogen and oxygen atoms in total. The van der Waals surface area contributed by atoms with Gasteiger partial charge < -0.3 is 42.6 Å². The monoisotopic (exact) mass is 1120 g/mol.